The number of rotatable bonds is 8. The van der Waals surface area contributed by atoms with Crippen molar-refractivity contribution < 1.29 is 9.84 Å². The lowest BCUT2D eigenvalue weighted by molar-refractivity contribution is 0.0836. The van der Waals surface area contributed by atoms with Gasteiger partial charge in [0.1, 0.15) is 6.61 Å². The molecule has 0 spiro atoms. The average Bonchev–Trinajstić information content (AvgIpc) is 2.88. The van der Waals surface area contributed by atoms with E-state index in [2.05, 4.69) is 31.8 Å². The minimum Gasteiger partial charge on any atom is -0.384 e. The van der Waals surface area contributed by atoms with Crippen LogP contribution in [0.25, 0.3) is 0 Å². The first-order valence-corrected chi connectivity index (χ1v) is 7.88. The third-order valence-corrected chi connectivity index (χ3v) is 4.07. The summed E-state index contributed by atoms with van der Waals surface area (Å²) >= 11 is 1.64. The highest BCUT2D eigenvalue weighted by Gasteiger charge is 2.06. The van der Waals surface area contributed by atoms with Crippen LogP contribution in [0.1, 0.15) is 49.3 Å². The lowest BCUT2D eigenvalue weighted by atomic mass is 10.0. The average molecular weight is 280 g/mol. The van der Waals surface area contributed by atoms with Crippen LogP contribution in [0.15, 0.2) is 12.1 Å². The van der Waals surface area contributed by atoms with Crippen LogP contribution in [0, 0.1) is 17.8 Å². The first-order valence-electron chi connectivity index (χ1n) is 7.06. The summed E-state index contributed by atoms with van der Waals surface area (Å²) < 4.78 is 5.80. The van der Waals surface area contributed by atoms with E-state index in [0.29, 0.717) is 12.5 Å². The van der Waals surface area contributed by atoms with Gasteiger partial charge >= 0.3 is 0 Å². The summed E-state index contributed by atoms with van der Waals surface area (Å²) in [5.74, 6) is 6.26. The number of aliphatic hydroxyl groups is 1. The van der Waals surface area contributed by atoms with Crippen LogP contribution in [-0.4, -0.2) is 18.3 Å². The van der Waals surface area contributed by atoms with E-state index in [1.165, 1.54) is 30.6 Å². The van der Waals surface area contributed by atoms with E-state index >= 15 is 0 Å². The molecule has 1 aromatic heterocycles. The van der Waals surface area contributed by atoms with Crippen molar-refractivity contribution in [1.82, 2.24) is 0 Å². The summed E-state index contributed by atoms with van der Waals surface area (Å²) in [4.78, 5) is 2.19. The van der Waals surface area contributed by atoms with Gasteiger partial charge in [-0.3, -0.25) is 0 Å². The first-order chi connectivity index (χ1) is 9.30. The Morgan fingerprint density at radius 3 is 2.89 bits per heavy atom. The highest BCUT2D eigenvalue weighted by molar-refractivity contribution is 7.12. The van der Waals surface area contributed by atoms with Gasteiger partial charge in [-0.15, -0.1) is 11.3 Å². The van der Waals surface area contributed by atoms with E-state index in [1.807, 2.05) is 6.07 Å². The van der Waals surface area contributed by atoms with Crippen molar-refractivity contribution in [2.45, 2.75) is 46.1 Å². The maximum atomic E-state index is 8.64. The fraction of sp³-hybridized carbons (Fsp3) is 0.625. The number of hydrogen-bond donors (Lipinski definition) is 1. The fourth-order valence-electron chi connectivity index (χ4n) is 1.87. The molecule has 1 atom stereocenters. The van der Waals surface area contributed by atoms with E-state index in [4.69, 9.17) is 9.84 Å². The van der Waals surface area contributed by atoms with Gasteiger partial charge in [-0.1, -0.05) is 45.0 Å². The van der Waals surface area contributed by atoms with Gasteiger partial charge in [0.25, 0.3) is 0 Å². The van der Waals surface area contributed by atoms with E-state index in [-0.39, 0.29) is 6.61 Å². The molecule has 2 nitrogen and oxygen atoms in total. The molecule has 1 aromatic rings. The SMILES string of the molecule is CCCCC(CC)COCc1ccc(C#CCO)s1. The molecule has 0 aliphatic carbocycles. The standard InChI is InChI=1S/C16H24O2S/c1-3-5-7-14(4-2)12-18-13-16-10-9-15(19-16)8-6-11-17/h9-10,14,17H,3-5,7,11-13H2,1-2H3. The molecular formula is C16H24O2S. The molecule has 0 aromatic carbocycles. The molecule has 1 rings (SSSR count). The van der Waals surface area contributed by atoms with Crippen molar-refractivity contribution in [3.63, 3.8) is 0 Å². The fourth-order valence-corrected chi connectivity index (χ4v) is 2.69. The molecular weight excluding hydrogens is 256 g/mol. The van der Waals surface area contributed by atoms with Crippen LogP contribution >= 0.6 is 11.3 Å². The maximum Gasteiger partial charge on any atom is 0.104 e. The lowest BCUT2D eigenvalue weighted by Crippen LogP contribution is -2.08. The third kappa shape index (κ3) is 6.77. The second-order valence-corrected chi connectivity index (χ2v) is 5.83. The van der Waals surface area contributed by atoms with Crippen LogP contribution in [0.2, 0.25) is 0 Å². The van der Waals surface area contributed by atoms with Crippen molar-refractivity contribution in [2.75, 3.05) is 13.2 Å². The van der Waals surface area contributed by atoms with Gasteiger partial charge in [-0.2, -0.15) is 0 Å². The largest absolute Gasteiger partial charge is 0.384 e. The zero-order valence-electron chi connectivity index (χ0n) is 11.9. The molecule has 0 aliphatic rings. The molecule has 106 valence electrons. The molecule has 1 heterocycles. The van der Waals surface area contributed by atoms with E-state index in [9.17, 15) is 0 Å². The molecule has 3 heteroatoms. The first kappa shape index (κ1) is 16.2. The number of ether oxygens (including phenoxy) is 1. The van der Waals surface area contributed by atoms with Gasteiger partial charge in [0.2, 0.25) is 0 Å². The molecule has 0 radical (unpaired) electrons. The van der Waals surface area contributed by atoms with E-state index < -0.39 is 0 Å². The Hall–Kier alpha value is -0.820. The minimum absolute atomic E-state index is 0.0840. The Labute approximate surface area is 120 Å². The molecule has 1 unspecified atom stereocenters. The Morgan fingerprint density at radius 2 is 2.21 bits per heavy atom. The molecule has 1 N–H and O–H groups in total. The summed E-state index contributed by atoms with van der Waals surface area (Å²) in [6.45, 7) is 5.91. The second kappa shape index (κ2) is 10.0. The molecule has 0 amide bonds. The highest BCUT2D eigenvalue weighted by Crippen LogP contribution is 2.18. The number of thiophene rings is 1. The number of hydrogen-bond acceptors (Lipinski definition) is 3. The zero-order valence-corrected chi connectivity index (χ0v) is 12.8. The van der Waals surface area contributed by atoms with Crippen molar-refractivity contribution >= 4 is 11.3 Å². The summed E-state index contributed by atoms with van der Waals surface area (Å²) in [5, 5.41) is 8.64. The van der Waals surface area contributed by atoms with Gasteiger partial charge in [0.05, 0.1) is 11.5 Å². The van der Waals surface area contributed by atoms with E-state index in [0.717, 1.165) is 11.5 Å². The Kier molecular flexibility index (Phi) is 8.57. The Balaban J connectivity index is 2.29. The van der Waals surface area contributed by atoms with Gasteiger partial charge in [-0.25, -0.2) is 0 Å². The Bertz CT molecular complexity index is 400. The van der Waals surface area contributed by atoms with Crippen molar-refractivity contribution in [1.29, 1.82) is 0 Å². The molecule has 0 bridgehead atoms. The predicted molar refractivity (Wildman–Crippen MR) is 81.2 cm³/mol. The van der Waals surface area contributed by atoms with Gasteiger partial charge in [-0.05, 0) is 24.5 Å². The molecule has 0 fully saturated rings. The van der Waals surface area contributed by atoms with E-state index in [1.54, 1.807) is 11.3 Å². The van der Waals surface area contributed by atoms with Gasteiger partial charge < -0.3 is 9.84 Å². The highest BCUT2D eigenvalue weighted by atomic mass is 32.1. The van der Waals surface area contributed by atoms with Crippen molar-refractivity contribution in [3.05, 3.63) is 21.9 Å². The molecule has 0 saturated carbocycles. The molecule has 0 saturated heterocycles. The molecule has 19 heavy (non-hydrogen) atoms. The summed E-state index contributed by atoms with van der Waals surface area (Å²) in [7, 11) is 0. The summed E-state index contributed by atoms with van der Waals surface area (Å²) in [6, 6.07) is 4.04. The normalized spacial score (nSPS) is 11.9. The van der Waals surface area contributed by atoms with Crippen molar-refractivity contribution in [2.24, 2.45) is 5.92 Å². The maximum absolute atomic E-state index is 8.64. The second-order valence-electron chi connectivity index (χ2n) is 4.66. The Morgan fingerprint density at radius 1 is 1.37 bits per heavy atom. The quantitative estimate of drug-likeness (QED) is 0.733. The van der Waals surface area contributed by atoms with Gasteiger partial charge in [0.15, 0.2) is 0 Å². The van der Waals surface area contributed by atoms with Crippen LogP contribution < -0.4 is 0 Å². The van der Waals surface area contributed by atoms with Crippen LogP contribution in [0.5, 0.6) is 0 Å². The van der Waals surface area contributed by atoms with Gasteiger partial charge in [0, 0.05) is 11.5 Å². The predicted octanol–water partition coefficient (Wildman–Crippen LogP) is 3.82. The zero-order chi connectivity index (χ0) is 13.9. The summed E-state index contributed by atoms with van der Waals surface area (Å²) in [6.07, 6.45) is 5.01. The third-order valence-electron chi connectivity index (χ3n) is 3.09. The smallest absolute Gasteiger partial charge is 0.104 e. The number of unbranched alkanes of at least 4 members (excludes halogenated alkanes) is 1. The van der Waals surface area contributed by atoms with Crippen molar-refractivity contribution in [3.8, 4) is 11.8 Å². The van der Waals surface area contributed by atoms with Crippen LogP contribution in [-0.2, 0) is 11.3 Å². The minimum atomic E-state index is -0.0840. The number of aliphatic hydroxyl groups excluding tert-OH is 1. The van der Waals surface area contributed by atoms with Crippen LogP contribution in [0.4, 0.5) is 0 Å². The lowest BCUT2D eigenvalue weighted by Gasteiger charge is -2.14. The molecule has 0 aliphatic heterocycles. The topological polar surface area (TPSA) is 29.5 Å². The van der Waals surface area contributed by atoms with Crippen LogP contribution in [0.3, 0.4) is 0 Å². The summed E-state index contributed by atoms with van der Waals surface area (Å²) in [5.41, 5.74) is 0. The monoisotopic (exact) mass is 280 g/mol.